The van der Waals surface area contributed by atoms with Crippen LogP contribution in [0.4, 0.5) is 0 Å². The van der Waals surface area contributed by atoms with Crippen LogP contribution in [0.1, 0.15) is 25.0 Å². The van der Waals surface area contributed by atoms with E-state index in [0.29, 0.717) is 28.2 Å². The molecule has 0 aliphatic heterocycles. The summed E-state index contributed by atoms with van der Waals surface area (Å²) >= 11 is 11.0. The maximum atomic E-state index is 5.89. The number of halogens is 1. The van der Waals surface area contributed by atoms with Crippen molar-refractivity contribution in [3.8, 4) is 11.5 Å². The largest absolute Gasteiger partial charge is 0.493 e. The van der Waals surface area contributed by atoms with Crippen molar-refractivity contribution in [1.29, 1.82) is 0 Å². The fraction of sp³-hybridized carbons (Fsp3) is 0.263. The molecule has 2 aromatic carbocycles. The van der Waals surface area contributed by atoms with E-state index >= 15 is 0 Å². The fourth-order valence-electron chi connectivity index (χ4n) is 2.09. The van der Waals surface area contributed by atoms with Crippen LogP contribution in [0.3, 0.4) is 0 Å². The van der Waals surface area contributed by atoms with Crippen molar-refractivity contribution in [2.45, 2.75) is 26.5 Å². The average molecular weight is 392 g/mol. The summed E-state index contributed by atoms with van der Waals surface area (Å²) in [5.41, 5.74) is 4.66. The first-order valence-corrected chi connectivity index (χ1v) is 8.91. The molecule has 0 fully saturated rings. The third-order valence-corrected chi connectivity index (χ3v) is 3.76. The fourth-order valence-corrected chi connectivity index (χ4v) is 2.50. The highest BCUT2D eigenvalue weighted by Crippen LogP contribution is 2.28. The van der Waals surface area contributed by atoms with Gasteiger partial charge in [0, 0.05) is 11.1 Å². The molecule has 2 aromatic rings. The third-order valence-electron chi connectivity index (χ3n) is 3.29. The molecule has 0 atom stereocenters. The lowest BCUT2D eigenvalue weighted by Crippen LogP contribution is -2.36. The highest BCUT2D eigenvalue weighted by atomic mass is 35.5. The summed E-state index contributed by atoms with van der Waals surface area (Å²) < 4.78 is 11.2. The van der Waals surface area contributed by atoms with Gasteiger partial charge in [-0.25, -0.2) is 0 Å². The molecule has 7 heteroatoms. The number of benzene rings is 2. The summed E-state index contributed by atoms with van der Waals surface area (Å²) in [6.07, 6.45) is 1.67. The van der Waals surface area contributed by atoms with Crippen molar-refractivity contribution >= 4 is 35.1 Å². The molecular formula is C19H22ClN3O2S. The van der Waals surface area contributed by atoms with Gasteiger partial charge in [0.05, 0.1) is 13.3 Å². The summed E-state index contributed by atoms with van der Waals surface area (Å²) in [7, 11) is 1.60. The Morgan fingerprint density at radius 2 is 1.92 bits per heavy atom. The van der Waals surface area contributed by atoms with E-state index in [-0.39, 0.29) is 6.04 Å². The van der Waals surface area contributed by atoms with E-state index in [1.54, 1.807) is 13.3 Å². The number of thiocarbonyl (C=S) groups is 1. The molecule has 2 N–H and O–H groups in total. The van der Waals surface area contributed by atoms with Crippen LogP contribution >= 0.6 is 23.8 Å². The maximum absolute atomic E-state index is 5.89. The van der Waals surface area contributed by atoms with E-state index in [1.165, 1.54) is 0 Å². The average Bonchev–Trinajstić information content (AvgIpc) is 2.61. The lowest BCUT2D eigenvalue weighted by atomic mass is 10.2. The Balaban J connectivity index is 1.97. The highest BCUT2D eigenvalue weighted by molar-refractivity contribution is 7.80. The Morgan fingerprint density at radius 1 is 1.19 bits per heavy atom. The molecule has 0 bridgehead atoms. The lowest BCUT2D eigenvalue weighted by molar-refractivity contribution is 0.284. The van der Waals surface area contributed by atoms with Crippen LogP contribution in [0.15, 0.2) is 47.6 Å². The van der Waals surface area contributed by atoms with E-state index in [2.05, 4.69) is 15.8 Å². The maximum Gasteiger partial charge on any atom is 0.187 e. The first-order valence-electron chi connectivity index (χ1n) is 8.13. The zero-order valence-electron chi connectivity index (χ0n) is 15.0. The number of ether oxygens (including phenoxy) is 2. The van der Waals surface area contributed by atoms with E-state index in [4.69, 9.17) is 33.3 Å². The molecule has 0 aliphatic carbocycles. The molecule has 0 aliphatic rings. The topological polar surface area (TPSA) is 54.9 Å². The molecular weight excluding hydrogens is 370 g/mol. The third kappa shape index (κ3) is 6.54. The van der Waals surface area contributed by atoms with Gasteiger partial charge >= 0.3 is 0 Å². The standard InChI is InChI=1S/C19H22ClN3O2S/c1-13(2)22-19(26)23-21-11-15-6-9-17(18(10-15)24-3)25-12-14-4-7-16(20)8-5-14/h4-11,13H,12H2,1-3H3,(H2,22,23,26)/b21-11+. The van der Waals surface area contributed by atoms with Crippen LogP contribution in [0, 0.1) is 0 Å². The molecule has 0 radical (unpaired) electrons. The molecule has 138 valence electrons. The molecule has 0 heterocycles. The summed E-state index contributed by atoms with van der Waals surface area (Å²) in [5.74, 6) is 1.29. The zero-order chi connectivity index (χ0) is 18.9. The van der Waals surface area contributed by atoms with Gasteiger partial charge in [0.2, 0.25) is 0 Å². The normalized spacial score (nSPS) is 10.8. The molecule has 0 saturated heterocycles. The van der Waals surface area contributed by atoms with E-state index in [0.717, 1.165) is 11.1 Å². The second-order valence-electron chi connectivity index (χ2n) is 5.82. The van der Waals surface area contributed by atoms with Gasteiger partial charge in [-0.2, -0.15) is 5.10 Å². The van der Waals surface area contributed by atoms with Gasteiger partial charge < -0.3 is 14.8 Å². The summed E-state index contributed by atoms with van der Waals surface area (Å²) in [6, 6.07) is 13.4. The number of nitrogens with one attached hydrogen (secondary N) is 2. The monoisotopic (exact) mass is 391 g/mol. The van der Waals surface area contributed by atoms with Gasteiger partial charge in [-0.05, 0) is 67.5 Å². The van der Waals surface area contributed by atoms with Crippen LogP contribution in [0.2, 0.25) is 5.02 Å². The van der Waals surface area contributed by atoms with Crippen LogP contribution in [0.5, 0.6) is 11.5 Å². The predicted molar refractivity (Wildman–Crippen MR) is 110 cm³/mol. The zero-order valence-corrected chi connectivity index (χ0v) is 16.5. The predicted octanol–water partition coefficient (Wildman–Crippen LogP) is 4.13. The molecule has 26 heavy (non-hydrogen) atoms. The number of hydrazone groups is 1. The van der Waals surface area contributed by atoms with Crippen LogP contribution < -0.4 is 20.2 Å². The minimum absolute atomic E-state index is 0.252. The minimum atomic E-state index is 0.252. The first-order chi connectivity index (χ1) is 12.5. The summed E-state index contributed by atoms with van der Waals surface area (Å²) in [5, 5.41) is 8.34. The minimum Gasteiger partial charge on any atom is -0.493 e. The van der Waals surface area contributed by atoms with Crippen molar-refractivity contribution in [2.24, 2.45) is 5.10 Å². The van der Waals surface area contributed by atoms with E-state index in [1.807, 2.05) is 56.3 Å². The molecule has 0 spiro atoms. The summed E-state index contributed by atoms with van der Waals surface area (Å²) in [6.45, 7) is 4.44. The van der Waals surface area contributed by atoms with Crippen molar-refractivity contribution in [1.82, 2.24) is 10.7 Å². The van der Waals surface area contributed by atoms with Crippen LogP contribution in [-0.4, -0.2) is 24.5 Å². The van der Waals surface area contributed by atoms with Crippen LogP contribution in [-0.2, 0) is 6.61 Å². The van der Waals surface area contributed by atoms with Gasteiger partial charge in [0.15, 0.2) is 16.6 Å². The van der Waals surface area contributed by atoms with Gasteiger partial charge in [0.25, 0.3) is 0 Å². The Kier molecular flexibility index (Phi) is 7.69. The highest BCUT2D eigenvalue weighted by Gasteiger charge is 2.06. The number of rotatable bonds is 7. The van der Waals surface area contributed by atoms with Gasteiger partial charge in [-0.1, -0.05) is 23.7 Å². The van der Waals surface area contributed by atoms with Crippen molar-refractivity contribution in [2.75, 3.05) is 7.11 Å². The van der Waals surface area contributed by atoms with Gasteiger partial charge in [-0.3, -0.25) is 5.43 Å². The molecule has 0 saturated carbocycles. The Labute approximate surface area is 164 Å². The Morgan fingerprint density at radius 3 is 2.58 bits per heavy atom. The first kappa shape index (κ1) is 20.0. The number of hydrogen-bond donors (Lipinski definition) is 2. The molecule has 0 unspecified atom stereocenters. The van der Waals surface area contributed by atoms with Crippen molar-refractivity contribution in [3.05, 3.63) is 58.6 Å². The molecule has 0 aromatic heterocycles. The van der Waals surface area contributed by atoms with Gasteiger partial charge in [0.1, 0.15) is 6.61 Å². The molecule has 2 rings (SSSR count). The number of hydrogen-bond acceptors (Lipinski definition) is 4. The number of methoxy groups -OCH3 is 1. The van der Waals surface area contributed by atoms with Crippen LogP contribution in [0.25, 0.3) is 0 Å². The smallest absolute Gasteiger partial charge is 0.187 e. The summed E-state index contributed by atoms with van der Waals surface area (Å²) in [4.78, 5) is 0. The second kappa shape index (κ2) is 9.99. The Bertz CT molecular complexity index is 764. The SMILES string of the molecule is COc1cc(/C=N/NC(=S)NC(C)C)ccc1OCc1ccc(Cl)cc1. The second-order valence-corrected chi connectivity index (χ2v) is 6.67. The molecule has 0 amide bonds. The molecule has 5 nitrogen and oxygen atoms in total. The number of nitrogens with zero attached hydrogens (tertiary/aromatic N) is 1. The van der Waals surface area contributed by atoms with E-state index in [9.17, 15) is 0 Å². The van der Waals surface area contributed by atoms with E-state index < -0.39 is 0 Å². The quantitative estimate of drug-likeness (QED) is 0.422. The van der Waals surface area contributed by atoms with Crippen molar-refractivity contribution in [3.63, 3.8) is 0 Å². The van der Waals surface area contributed by atoms with Gasteiger partial charge in [-0.15, -0.1) is 0 Å². The lowest BCUT2D eigenvalue weighted by Gasteiger charge is -2.12. The van der Waals surface area contributed by atoms with Crippen molar-refractivity contribution < 1.29 is 9.47 Å². The Hall–Kier alpha value is -2.31.